The van der Waals surface area contributed by atoms with Gasteiger partial charge < -0.3 is 28.4 Å². The Labute approximate surface area is 580 Å². The minimum Gasteiger partial charge on any atom is -0.455 e. The van der Waals surface area contributed by atoms with E-state index >= 15 is 19.2 Å². The summed E-state index contributed by atoms with van der Waals surface area (Å²) in [6.07, 6.45) is 16.3. The molecular weight excluding hydrogens is 1270 g/mol. The van der Waals surface area contributed by atoms with Crippen molar-refractivity contribution in [1.82, 2.24) is 19.6 Å². The topological polar surface area (TPSA) is 108 Å². The second-order valence-electron chi connectivity index (χ2n) is 26.3. The Kier molecular flexibility index (Phi) is 20.5. The van der Waals surface area contributed by atoms with Crippen LogP contribution in [0.2, 0.25) is 0 Å². The van der Waals surface area contributed by atoms with E-state index in [1.54, 1.807) is 56.7 Å². The number of carbonyl (C=O) groups excluding carboxylic acids is 4. The number of amides is 4. The number of carbonyl (C=O) groups is 4. The summed E-state index contributed by atoms with van der Waals surface area (Å²) in [5.41, 5.74) is 6.65. The van der Waals surface area contributed by atoms with Crippen molar-refractivity contribution in [2.45, 2.75) is 158 Å². The lowest BCUT2D eigenvalue weighted by molar-refractivity contribution is -0.124. The molecule has 10 nitrogen and oxygen atoms in total. The third-order valence-electron chi connectivity index (χ3n) is 20.1. The lowest BCUT2D eigenvalue weighted by atomic mass is 9.98. The molecule has 4 aliphatic heterocycles. The number of hydrogen-bond donors (Lipinski definition) is 0. The second kappa shape index (κ2) is 29.3. The molecule has 11 heterocycles. The Morgan fingerprint density at radius 3 is 0.821 bits per heavy atom. The van der Waals surface area contributed by atoms with Crippen LogP contribution in [0.4, 0.5) is 0 Å². The molecule has 0 saturated carbocycles. The van der Waals surface area contributed by atoms with E-state index in [-0.39, 0.29) is 47.3 Å². The molecule has 0 radical (unpaired) electrons. The van der Waals surface area contributed by atoms with Crippen LogP contribution in [0, 0.1) is 23.7 Å². The lowest BCUT2D eigenvalue weighted by Gasteiger charge is -2.29. The number of unbranched alkanes of at least 4 members (excludes halogenated alkanes) is 4. The fourth-order valence-corrected chi connectivity index (χ4v) is 19.8. The first-order valence-electron chi connectivity index (χ1n) is 35.1. The molecule has 0 spiro atoms. The predicted molar refractivity (Wildman–Crippen MR) is 398 cm³/mol. The number of thiophene rings is 5. The van der Waals surface area contributed by atoms with Gasteiger partial charge in [-0.05, 0) is 134 Å². The van der Waals surface area contributed by atoms with Crippen LogP contribution in [0.1, 0.15) is 178 Å². The number of rotatable bonds is 32. The molecule has 4 atom stereocenters. The van der Waals surface area contributed by atoms with Crippen LogP contribution in [0.25, 0.3) is 85.5 Å². The van der Waals surface area contributed by atoms with E-state index in [9.17, 15) is 0 Å². The zero-order chi connectivity index (χ0) is 66.0. The summed E-state index contributed by atoms with van der Waals surface area (Å²) in [6.45, 7) is 19.9. The van der Waals surface area contributed by atoms with E-state index in [0.29, 0.717) is 48.5 Å². The molecule has 0 N–H and O–H groups in total. The number of para-hydroxylation sites is 2. The van der Waals surface area contributed by atoms with Gasteiger partial charge in [0.15, 0.2) is 0 Å². The Morgan fingerprint density at radius 1 is 0.316 bits per heavy atom. The minimum atomic E-state index is -0.0923. The summed E-state index contributed by atoms with van der Waals surface area (Å²) in [6, 6.07) is 41.5. The van der Waals surface area contributed by atoms with E-state index in [2.05, 4.69) is 140 Å². The van der Waals surface area contributed by atoms with Gasteiger partial charge in [0.2, 0.25) is 0 Å². The van der Waals surface area contributed by atoms with Crippen molar-refractivity contribution >= 4 is 125 Å². The van der Waals surface area contributed by atoms with Crippen molar-refractivity contribution in [1.29, 1.82) is 0 Å². The van der Waals surface area contributed by atoms with Gasteiger partial charge in [-0.1, -0.05) is 169 Å². The van der Waals surface area contributed by atoms with Gasteiger partial charge in [0.05, 0.1) is 74.3 Å². The summed E-state index contributed by atoms with van der Waals surface area (Å²) in [4.78, 5) is 80.5. The quantitative estimate of drug-likeness (QED) is 0.0416. The molecule has 0 bridgehead atoms. The number of nitrogens with zero attached hydrogens (tertiary/aromatic N) is 4. The third kappa shape index (κ3) is 12.9. The normalized spacial score (nSPS) is 16.5. The fourth-order valence-electron chi connectivity index (χ4n) is 14.4. The van der Waals surface area contributed by atoms with E-state index < -0.39 is 0 Å². The number of hydrogen-bond acceptors (Lipinski definition) is 11. The van der Waals surface area contributed by atoms with Gasteiger partial charge in [0.25, 0.3) is 23.6 Å². The molecule has 95 heavy (non-hydrogen) atoms. The second-order valence-corrected chi connectivity index (χ2v) is 31.8. The number of fused-ring (bicyclic) bond motifs is 4. The first kappa shape index (κ1) is 66.5. The zero-order valence-corrected chi connectivity index (χ0v) is 60.4. The molecule has 4 aliphatic rings. The SMILES string of the molecule is CCCCC(CC)CN1C(=O)C2=C(c3ccc(-c4ccc(-c5ccc(C6=C7C(=O)N(CC(CC)CCCC)C(c8ccc(-c9cc%10ccccc%10o9)s8)=C7C(=O)N6CC(CC)CCCC)s5)s4)s3)N(CC(CC)CCCC)C(=O)C2=C1c1ccc(-c2cc3ccccc3o2)s1. The van der Waals surface area contributed by atoms with Crippen LogP contribution in [0.15, 0.2) is 152 Å². The fraction of sp³-hybridized carbons (Fsp3) is 0.400. The molecule has 0 fully saturated rings. The smallest absolute Gasteiger partial charge is 0.261 e. The van der Waals surface area contributed by atoms with Gasteiger partial charge in [-0.3, -0.25) is 19.2 Å². The van der Waals surface area contributed by atoms with Crippen LogP contribution >= 0.6 is 56.7 Å². The Morgan fingerprint density at radius 2 is 0.558 bits per heavy atom. The highest BCUT2D eigenvalue weighted by Crippen LogP contribution is 2.54. The van der Waals surface area contributed by atoms with E-state index in [4.69, 9.17) is 8.83 Å². The van der Waals surface area contributed by atoms with Crippen molar-refractivity contribution in [2.75, 3.05) is 26.2 Å². The van der Waals surface area contributed by atoms with Crippen LogP contribution < -0.4 is 0 Å². The van der Waals surface area contributed by atoms with Gasteiger partial charge in [-0.2, -0.15) is 0 Å². The molecular formula is C80H88N4O6S5. The summed E-state index contributed by atoms with van der Waals surface area (Å²) in [5, 5.41) is 2.06. The largest absolute Gasteiger partial charge is 0.455 e. The average Bonchev–Trinajstić information content (AvgIpc) is 1.56. The maximum absolute atomic E-state index is 15.7. The summed E-state index contributed by atoms with van der Waals surface area (Å²) in [7, 11) is 0. The van der Waals surface area contributed by atoms with Crippen LogP contribution in [-0.2, 0) is 19.2 Å². The van der Waals surface area contributed by atoms with Gasteiger partial charge in [-0.15, -0.1) is 56.7 Å². The zero-order valence-electron chi connectivity index (χ0n) is 56.3. The van der Waals surface area contributed by atoms with Crippen LogP contribution in [0.3, 0.4) is 0 Å². The van der Waals surface area contributed by atoms with Gasteiger partial charge in [0.1, 0.15) is 22.7 Å². The maximum atomic E-state index is 15.7. The minimum absolute atomic E-state index is 0.0923. The Balaban J connectivity index is 0.877. The standard InChI is InChI=1S/C80H88N4O6S5/c1-9-17-25-49(13-5)45-81-73(65-39-33-59(91-65)57-43-53-29-21-23-31-55(53)89-57)69-71(79(81)87)75(83(77(69)85)47-51(15-7)27-19-11-3)67-41-37-63(94-67)61-35-36-62(93-61)64-38-42-68(95-64)76-72-70(78(86)84(76)48-52(16-8)28-20-12-4)74(82(80(72)88)46-50(14-6)26-18-10-2)66-40-34-60(92-66)58-44-54-30-22-24-32-56(54)90-58/h21-24,29-44,49-52H,9-20,25-28,45-48H2,1-8H3. The van der Waals surface area contributed by atoms with E-state index in [1.807, 2.05) is 56.0 Å². The molecule has 0 saturated heterocycles. The molecule has 15 heteroatoms. The summed E-state index contributed by atoms with van der Waals surface area (Å²) < 4.78 is 12.8. The number of benzene rings is 2. The third-order valence-corrected chi connectivity index (χ3v) is 26.0. The molecule has 9 aromatic rings. The summed E-state index contributed by atoms with van der Waals surface area (Å²) >= 11 is 8.18. The molecule has 4 unspecified atom stereocenters. The molecule has 2 aromatic carbocycles. The highest BCUT2D eigenvalue weighted by molar-refractivity contribution is 7.27. The molecule has 7 aromatic heterocycles. The van der Waals surface area contributed by atoms with Crippen molar-refractivity contribution in [3.8, 4) is 40.8 Å². The van der Waals surface area contributed by atoms with Crippen molar-refractivity contribution in [3.63, 3.8) is 0 Å². The Bertz CT molecular complexity index is 4110. The van der Waals surface area contributed by atoms with Crippen LogP contribution in [0.5, 0.6) is 0 Å². The van der Waals surface area contributed by atoms with E-state index in [1.165, 1.54) is 0 Å². The van der Waals surface area contributed by atoms with Crippen LogP contribution in [-0.4, -0.2) is 69.4 Å². The van der Waals surface area contributed by atoms with Gasteiger partial charge in [-0.25, -0.2) is 0 Å². The van der Waals surface area contributed by atoms with Crippen molar-refractivity contribution < 1.29 is 28.0 Å². The Hall–Kier alpha value is -7.14. The first-order valence-corrected chi connectivity index (χ1v) is 39.2. The van der Waals surface area contributed by atoms with Crippen molar-refractivity contribution in [3.05, 3.63) is 163 Å². The molecule has 13 rings (SSSR count). The average molecular weight is 1360 g/mol. The monoisotopic (exact) mass is 1360 g/mol. The highest BCUT2D eigenvalue weighted by Gasteiger charge is 2.52. The summed E-state index contributed by atoms with van der Waals surface area (Å²) in [5.74, 6) is 2.25. The maximum Gasteiger partial charge on any atom is 0.261 e. The lowest BCUT2D eigenvalue weighted by Crippen LogP contribution is -2.34. The van der Waals surface area contributed by atoms with Gasteiger partial charge in [0, 0.05) is 56.5 Å². The predicted octanol–water partition coefficient (Wildman–Crippen LogP) is 22.6. The molecule has 4 amide bonds. The highest BCUT2D eigenvalue weighted by atomic mass is 32.1. The first-order chi connectivity index (χ1) is 46.4. The van der Waals surface area contributed by atoms with Crippen molar-refractivity contribution in [2.24, 2.45) is 23.7 Å². The van der Waals surface area contributed by atoms with E-state index in [0.717, 1.165) is 208 Å². The molecule has 0 aliphatic carbocycles. The number of furan rings is 2. The van der Waals surface area contributed by atoms with Gasteiger partial charge >= 0.3 is 0 Å². The molecule has 494 valence electrons.